The van der Waals surface area contributed by atoms with Crippen LogP contribution in [0, 0.1) is 0 Å². The Morgan fingerprint density at radius 2 is 0.929 bits per heavy atom. The molecule has 0 aromatic heterocycles. The zero-order valence-corrected chi connectivity index (χ0v) is 13.6. The Kier molecular flexibility index (Phi) is 6.90. The van der Waals surface area contributed by atoms with Gasteiger partial charge in [0.15, 0.2) is 5.75 Å². The fraction of sp³-hybridized carbons (Fsp3) is 0. The van der Waals surface area contributed by atoms with Gasteiger partial charge in [-0.2, -0.15) is 0 Å². The molecule has 0 radical (unpaired) electrons. The third kappa shape index (κ3) is 2.77. The van der Waals surface area contributed by atoms with E-state index in [1.54, 1.807) is 0 Å². The molecule has 0 amide bonds. The van der Waals surface area contributed by atoms with Gasteiger partial charge in [-0.3, -0.25) is 0 Å². The molecule has 8 heteroatoms. The summed E-state index contributed by atoms with van der Waals surface area (Å²) < 4.78 is 4.37. The molecule has 0 unspecified atom stereocenters. The van der Waals surface area contributed by atoms with Crippen molar-refractivity contribution in [2.75, 3.05) is 0 Å². The first-order valence-electron chi connectivity index (χ1n) is 2.80. The number of hydrogen-bond acceptors (Lipinski definition) is 1. The summed E-state index contributed by atoms with van der Waals surface area (Å²) in [7, 11) is 0. The van der Waals surface area contributed by atoms with E-state index in [2.05, 4.69) is 4.29 Å². The molecule has 0 spiro atoms. The molecule has 0 atom stereocenters. The fourth-order valence-corrected chi connectivity index (χ4v) is 2.08. The van der Waals surface area contributed by atoms with Gasteiger partial charge in [-0.15, -0.1) is 0 Å². The van der Waals surface area contributed by atoms with E-state index >= 15 is 0 Å². The van der Waals surface area contributed by atoms with Gasteiger partial charge in [0.25, 0.3) is 0 Å². The van der Waals surface area contributed by atoms with Crippen molar-refractivity contribution in [2.45, 2.75) is 0 Å². The quantitative estimate of drug-likeness (QED) is 0.379. The standard InChI is InChI=1S/C6Cl6O.W/c7-1-2(8)4(10)6(13-12)5(11)3(1)9;. The van der Waals surface area contributed by atoms with Crippen LogP contribution in [-0.4, -0.2) is 0 Å². The molecule has 1 aromatic carbocycles. The van der Waals surface area contributed by atoms with E-state index in [1.807, 2.05) is 0 Å². The fourth-order valence-electron chi connectivity index (χ4n) is 0.652. The van der Waals surface area contributed by atoms with Crippen molar-refractivity contribution in [1.29, 1.82) is 0 Å². The Morgan fingerprint density at radius 3 is 1.21 bits per heavy atom. The molecule has 0 saturated carbocycles. The maximum atomic E-state index is 5.71. The summed E-state index contributed by atoms with van der Waals surface area (Å²) in [5.74, 6) is -0.00981. The van der Waals surface area contributed by atoms with E-state index in [-0.39, 0.29) is 51.9 Å². The van der Waals surface area contributed by atoms with E-state index in [9.17, 15) is 0 Å². The first-order valence-corrected chi connectivity index (χ1v) is 5.00. The summed E-state index contributed by atoms with van der Waals surface area (Å²) in [4.78, 5) is 0. The van der Waals surface area contributed by atoms with Crippen LogP contribution < -0.4 is 4.29 Å². The van der Waals surface area contributed by atoms with Crippen LogP contribution >= 0.6 is 69.9 Å². The van der Waals surface area contributed by atoms with Crippen LogP contribution in [0.1, 0.15) is 0 Å². The van der Waals surface area contributed by atoms with Crippen LogP contribution in [0.25, 0.3) is 0 Å². The number of halogens is 6. The zero-order chi connectivity index (χ0) is 10.2. The third-order valence-electron chi connectivity index (χ3n) is 1.25. The zero-order valence-electron chi connectivity index (χ0n) is 6.08. The molecule has 0 fully saturated rings. The van der Waals surface area contributed by atoms with Gasteiger partial charge >= 0.3 is 0 Å². The van der Waals surface area contributed by atoms with Crippen molar-refractivity contribution >= 4 is 69.9 Å². The molecule has 0 aliphatic heterocycles. The number of rotatable bonds is 1. The smallest absolute Gasteiger partial charge is 0.186 e. The van der Waals surface area contributed by atoms with Gasteiger partial charge < -0.3 is 4.29 Å². The summed E-state index contributed by atoms with van der Waals surface area (Å²) in [6.45, 7) is 0. The molecule has 0 saturated heterocycles. The van der Waals surface area contributed by atoms with Crippen molar-refractivity contribution in [3.63, 3.8) is 0 Å². The first kappa shape index (κ1) is 15.4. The third-order valence-corrected chi connectivity index (χ3v) is 3.64. The van der Waals surface area contributed by atoms with Crippen molar-refractivity contribution in [3.8, 4) is 5.75 Å². The van der Waals surface area contributed by atoms with Gasteiger partial charge in [-0.25, -0.2) is 0 Å². The predicted octanol–water partition coefficient (Wildman–Crippen LogP) is 5.48. The Bertz CT molecular complexity index is 326. The van der Waals surface area contributed by atoms with Gasteiger partial charge in [-0.1, -0.05) is 58.0 Å². The summed E-state index contributed by atoms with van der Waals surface area (Å²) >= 11 is 33.6. The van der Waals surface area contributed by atoms with Crippen LogP contribution in [0.3, 0.4) is 0 Å². The van der Waals surface area contributed by atoms with E-state index in [0.717, 1.165) is 0 Å². The molecule has 0 aliphatic carbocycles. The average molecular weight is 485 g/mol. The maximum absolute atomic E-state index is 5.71. The largest absolute Gasteiger partial charge is 0.382 e. The van der Waals surface area contributed by atoms with Crippen molar-refractivity contribution in [2.24, 2.45) is 0 Å². The Labute approximate surface area is 125 Å². The van der Waals surface area contributed by atoms with Crippen LogP contribution in [-0.2, 0) is 21.1 Å². The Hall–Kier alpha value is 1.45. The van der Waals surface area contributed by atoms with Gasteiger partial charge in [0.2, 0.25) is 0 Å². The minimum Gasteiger partial charge on any atom is -0.382 e. The molecule has 1 rings (SSSR count). The minimum absolute atomic E-state index is 0. The summed E-state index contributed by atoms with van der Waals surface area (Å²) in [5.41, 5.74) is 0. The van der Waals surface area contributed by atoms with Crippen LogP contribution in [0.5, 0.6) is 5.75 Å². The maximum Gasteiger partial charge on any atom is 0.186 e. The van der Waals surface area contributed by atoms with E-state index in [1.165, 1.54) is 0 Å². The Morgan fingerprint density at radius 1 is 0.643 bits per heavy atom. The molecule has 1 nitrogen and oxygen atoms in total. The van der Waals surface area contributed by atoms with Gasteiger partial charge in [0.1, 0.15) is 21.9 Å². The van der Waals surface area contributed by atoms with Crippen molar-refractivity contribution in [3.05, 3.63) is 25.1 Å². The molecular formula is C6Cl6OW. The second-order valence-corrected chi connectivity index (χ2v) is 4.02. The normalized spacial score (nSPS) is 9.57. The molecular weight excluding hydrogens is 485 g/mol. The van der Waals surface area contributed by atoms with Crippen molar-refractivity contribution in [1.82, 2.24) is 0 Å². The molecule has 14 heavy (non-hydrogen) atoms. The van der Waals surface area contributed by atoms with Crippen LogP contribution in [0.2, 0.25) is 25.1 Å². The Balaban J connectivity index is 0.00000169. The second kappa shape index (κ2) is 6.25. The summed E-state index contributed by atoms with van der Waals surface area (Å²) in [6.07, 6.45) is 0. The van der Waals surface area contributed by atoms with Gasteiger partial charge in [-0.05, 0) is 0 Å². The first-order chi connectivity index (χ1) is 6.00. The monoisotopic (exact) mass is 482 g/mol. The van der Waals surface area contributed by atoms with E-state index in [4.69, 9.17) is 69.9 Å². The number of benzene rings is 1. The molecule has 1 aromatic rings. The van der Waals surface area contributed by atoms with Crippen LogP contribution in [0.15, 0.2) is 0 Å². The summed E-state index contributed by atoms with van der Waals surface area (Å²) in [5, 5.41) is 0.213. The minimum atomic E-state index is -0.00981. The molecule has 78 valence electrons. The SMILES string of the molecule is ClOc1c(Cl)c(Cl)c(Cl)c(Cl)c1Cl.[W]. The molecule has 0 heterocycles. The average Bonchev–Trinajstić information content (AvgIpc) is 2.13. The van der Waals surface area contributed by atoms with Gasteiger partial charge in [0, 0.05) is 21.1 Å². The summed E-state index contributed by atoms with van der Waals surface area (Å²) in [6, 6.07) is 0. The van der Waals surface area contributed by atoms with Gasteiger partial charge in [0.05, 0.1) is 15.1 Å². The van der Waals surface area contributed by atoms with E-state index < -0.39 is 0 Å². The molecule has 0 aliphatic rings. The molecule has 0 bridgehead atoms. The predicted molar refractivity (Wildman–Crippen MR) is 58.0 cm³/mol. The van der Waals surface area contributed by atoms with E-state index in [0.29, 0.717) is 0 Å². The topological polar surface area (TPSA) is 9.23 Å². The molecule has 0 N–H and O–H groups in total. The van der Waals surface area contributed by atoms with Crippen molar-refractivity contribution < 1.29 is 25.4 Å². The second-order valence-electron chi connectivity index (χ2n) is 1.98. The van der Waals surface area contributed by atoms with Crippen LogP contribution in [0.4, 0.5) is 0 Å². The number of hydrogen-bond donors (Lipinski definition) is 0.